The first kappa shape index (κ1) is 29.0. The number of carbonyl (C=O) groups excluding carboxylic acids is 2. The maximum Gasteiger partial charge on any atom is 0.295 e. The SMILES string of the molecule is CCCCOc1ccc([C@H]2C(=C(O)c3ccc4c(c3)C[C@@H](C)O4)C(=O)C(=O)N2CCCN2CCOCC2)cc1OC. The number of Topliss-reactive ketones (excluding diaryl/α,β-unsaturated/α-hetero) is 1. The van der Waals surface area contributed by atoms with Gasteiger partial charge in [-0.15, -0.1) is 0 Å². The summed E-state index contributed by atoms with van der Waals surface area (Å²) >= 11 is 0. The Morgan fingerprint density at radius 2 is 1.85 bits per heavy atom. The van der Waals surface area contributed by atoms with Crippen LogP contribution < -0.4 is 14.2 Å². The van der Waals surface area contributed by atoms with E-state index in [-0.39, 0.29) is 17.4 Å². The first-order valence-electron chi connectivity index (χ1n) is 14.6. The molecule has 2 saturated heterocycles. The first-order chi connectivity index (χ1) is 19.9. The van der Waals surface area contributed by atoms with Crippen molar-refractivity contribution < 1.29 is 33.6 Å². The molecule has 2 atom stereocenters. The summed E-state index contributed by atoms with van der Waals surface area (Å²) in [7, 11) is 1.57. The lowest BCUT2D eigenvalue weighted by Gasteiger charge is -2.29. The third-order valence-electron chi connectivity index (χ3n) is 7.95. The van der Waals surface area contributed by atoms with Gasteiger partial charge in [-0.2, -0.15) is 0 Å². The summed E-state index contributed by atoms with van der Waals surface area (Å²) in [5.74, 6) is 0.402. The Morgan fingerprint density at radius 1 is 1.05 bits per heavy atom. The molecule has 3 heterocycles. The van der Waals surface area contributed by atoms with Crippen LogP contribution in [0.5, 0.6) is 17.2 Å². The van der Waals surface area contributed by atoms with Gasteiger partial charge in [0.05, 0.1) is 38.5 Å². The molecule has 1 N–H and O–H groups in total. The lowest BCUT2D eigenvalue weighted by Crippen LogP contribution is -2.39. The largest absolute Gasteiger partial charge is 0.507 e. The molecule has 2 aromatic rings. The van der Waals surface area contributed by atoms with Crippen LogP contribution in [-0.4, -0.2) is 85.8 Å². The molecule has 220 valence electrons. The van der Waals surface area contributed by atoms with E-state index in [0.29, 0.717) is 61.8 Å². The third-order valence-corrected chi connectivity index (χ3v) is 7.95. The van der Waals surface area contributed by atoms with Gasteiger partial charge in [-0.05, 0) is 61.2 Å². The summed E-state index contributed by atoms with van der Waals surface area (Å²) < 4.78 is 22.8. The number of aliphatic hydroxyl groups excluding tert-OH is 1. The molecule has 2 fully saturated rings. The number of methoxy groups -OCH3 is 1. The van der Waals surface area contributed by atoms with Crippen molar-refractivity contribution in [2.24, 2.45) is 0 Å². The van der Waals surface area contributed by atoms with Gasteiger partial charge in [0, 0.05) is 38.2 Å². The molecule has 0 aliphatic carbocycles. The fourth-order valence-electron chi connectivity index (χ4n) is 5.77. The molecule has 3 aliphatic heterocycles. The summed E-state index contributed by atoms with van der Waals surface area (Å²) in [6.07, 6.45) is 3.37. The normalized spacial score (nSPS) is 22.1. The van der Waals surface area contributed by atoms with Crippen molar-refractivity contribution >= 4 is 17.4 Å². The van der Waals surface area contributed by atoms with Crippen LogP contribution in [0.1, 0.15) is 55.8 Å². The monoisotopic (exact) mass is 564 g/mol. The smallest absolute Gasteiger partial charge is 0.295 e. The van der Waals surface area contributed by atoms with Gasteiger partial charge in [0.2, 0.25) is 0 Å². The molecular formula is C32H40N2O7. The van der Waals surface area contributed by atoms with Crippen LogP contribution in [0.4, 0.5) is 0 Å². The maximum absolute atomic E-state index is 13.5. The van der Waals surface area contributed by atoms with E-state index in [0.717, 1.165) is 43.8 Å². The van der Waals surface area contributed by atoms with Crippen LogP contribution in [0.2, 0.25) is 0 Å². The number of fused-ring (bicyclic) bond motifs is 1. The molecule has 9 heteroatoms. The number of aliphatic hydroxyl groups is 1. The van der Waals surface area contributed by atoms with Crippen LogP contribution >= 0.6 is 0 Å². The second-order valence-electron chi connectivity index (χ2n) is 10.9. The van der Waals surface area contributed by atoms with E-state index in [4.69, 9.17) is 18.9 Å². The highest BCUT2D eigenvalue weighted by atomic mass is 16.5. The van der Waals surface area contributed by atoms with Gasteiger partial charge >= 0.3 is 0 Å². The Kier molecular flexibility index (Phi) is 9.15. The zero-order chi connectivity index (χ0) is 28.9. The van der Waals surface area contributed by atoms with E-state index in [1.54, 1.807) is 24.1 Å². The third kappa shape index (κ3) is 6.21. The summed E-state index contributed by atoms with van der Waals surface area (Å²) in [5, 5.41) is 11.6. The van der Waals surface area contributed by atoms with E-state index in [2.05, 4.69) is 11.8 Å². The number of morpholine rings is 1. The van der Waals surface area contributed by atoms with Crippen molar-refractivity contribution in [3.8, 4) is 17.2 Å². The van der Waals surface area contributed by atoms with E-state index in [9.17, 15) is 14.7 Å². The number of likely N-dealkylation sites (tertiary alicyclic amines) is 1. The summed E-state index contributed by atoms with van der Waals surface area (Å²) in [5.41, 5.74) is 2.21. The Hall–Kier alpha value is -3.56. The first-order valence-corrected chi connectivity index (χ1v) is 14.6. The summed E-state index contributed by atoms with van der Waals surface area (Å²) in [4.78, 5) is 30.9. The molecule has 0 aromatic heterocycles. The van der Waals surface area contributed by atoms with Crippen LogP contribution in [0.25, 0.3) is 5.76 Å². The van der Waals surface area contributed by atoms with Gasteiger partial charge < -0.3 is 29.0 Å². The molecule has 0 saturated carbocycles. The second kappa shape index (κ2) is 13.0. The van der Waals surface area contributed by atoms with E-state index in [1.165, 1.54) is 0 Å². The van der Waals surface area contributed by atoms with E-state index < -0.39 is 17.7 Å². The van der Waals surface area contributed by atoms with Crippen molar-refractivity contribution in [2.45, 2.75) is 51.7 Å². The number of unbranched alkanes of at least 4 members (excludes halogenated alkanes) is 1. The molecule has 0 unspecified atom stereocenters. The Morgan fingerprint density at radius 3 is 2.61 bits per heavy atom. The van der Waals surface area contributed by atoms with E-state index >= 15 is 0 Å². The lowest BCUT2D eigenvalue weighted by molar-refractivity contribution is -0.140. The highest BCUT2D eigenvalue weighted by Crippen LogP contribution is 2.43. The van der Waals surface area contributed by atoms with Crippen molar-refractivity contribution in [3.05, 3.63) is 58.7 Å². The van der Waals surface area contributed by atoms with Crippen molar-refractivity contribution in [2.75, 3.05) is 53.1 Å². The molecule has 5 rings (SSSR count). The van der Waals surface area contributed by atoms with Gasteiger partial charge in [-0.3, -0.25) is 14.5 Å². The molecule has 3 aliphatic rings. The molecule has 9 nitrogen and oxygen atoms in total. The minimum atomic E-state index is -0.762. The van der Waals surface area contributed by atoms with Crippen LogP contribution in [0.15, 0.2) is 42.0 Å². The Bertz CT molecular complexity index is 1300. The average Bonchev–Trinajstić information content (AvgIpc) is 3.48. The molecule has 2 aromatic carbocycles. The second-order valence-corrected chi connectivity index (χ2v) is 10.9. The molecular weight excluding hydrogens is 524 g/mol. The zero-order valence-electron chi connectivity index (χ0n) is 24.2. The number of carbonyl (C=O) groups is 2. The zero-order valence-corrected chi connectivity index (χ0v) is 24.2. The van der Waals surface area contributed by atoms with Crippen LogP contribution in [0, 0.1) is 0 Å². The van der Waals surface area contributed by atoms with Gasteiger partial charge in [-0.25, -0.2) is 0 Å². The Labute approximate surface area is 241 Å². The van der Waals surface area contributed by atoms with E-state index in [1.807, 2.05) is 31.2 Å². The Balaban J connectivity index is 1.50. The molecule has 1 amide bonds. The summed E-state index contributed by atoms with van der Waals surface area (Å²) in [6.45, 7) is 8.90. The van der Waals surface area contributed by atoms with Crippen LogP contribution in [0.3, 0.4) is 0 Å². The number of benzene rings is 2. The number of rotatable bonds is 11. The number of nitrogens with zero attached hydrogens (tertiary/aromatic N) is 2. The minimum Gasteiger partial charge on any atom is -0.507 e. The number of hydrogen-bond acceptors (Lipinski definition) is 8. The predicted octanol–water partition coefficient (Wildman–Crippen LogP) is 4.34. The number of ketones is 1. The van der Waals surface area contributed by atoms with Gasteiger partial charge in [0.25, 0.3) is 11.7 Å². The lowest BCUT2D eigenvalue weighted by atomic mass is 9.94. The topological polar surface area (TPSA) is 97.8 Å². The average molecular weight is 565 g/mol. The predicted molar refractivity (Wildman–Crippen MR) is 155 cm³/mol. The van der Waals surface area contributed by atoms with Gasteiger partial charge in [-0.1, -0.05) is 19.4 Å². The molecule has 0 spiro atoms. The highest BCUT2D eigenvalue weighted by molar-refractivity contribution is 6.46. The highest BCUT2D eigenvalue weighted by Gasteiger charge is 2.46. The summed E-state index contributed by atoms with van der Waals surface area (Å²) in [6, 6.07) is 10.1. The fraction of sp³-hybridized carbons (Fsp3) is 0.500. The van der Waals surface area contributed by atoms with Crippen molar-refractivity contribution in [3.63, 3.8) is 0 Å². The molecule has 0 radical (unpaired) electrons. The van der Waals surface area contributed by atoms with Crippen molar-refractivity contribution in [1.82, 2.24) is 9.80 Å². The standard InChI is InChI=1S/C32H40N2O7/c1-4-5-15-40-26-10-7-22(20-27(26)38-3)29-28(30(35)23-8-9-25-24(19-23)18-21(2)41-25)31(36)32(37)34(29)12-6-11-33-13-16-39-17-14-33/h7-10,19-21,29,35H,4-6,11-18H2,1-3H3/t21-,29+/m1/s1. The quantitative estimate of drug-likeness (QED) is 0.186. The molecule has 41 heavy (non-hydrogen) atoms. The molecule has 0 bridgehead atoms. The van der Waals surface area contributed by atoms with Crippen molar-refractivity contribution in [1.29, 1.82) is 0 Å². The van der Waals surface area contributed by atoms with Gasteiger partial charge in [0.1, 0.15) is 17.6 Å². The van der Waals surface area contributed by atoms with Crippen LogP contribution in [-0.2, 0) is 20.7 Å². The number of hydrogen-bond donors (Lipinski definition) is 1. The number of amides is 1. The number of ether oxygens (including phenoxy) is 4. The van der Waals surface area contributed by atoms with Gasteiger partial charge in [0.15, 0.2) is 11.5 Å². The fourth-order valence-corrected chi connectivity index (χ4v) is 5.77. The minimum absolute atomic E-state index is 0.0463. The maximum atomic E-state index is 13.5.